The van der Waals surface area contributed by atoms with Crippen molar-refractivity contribution < 1.29 is 33.3 Å². The van der Waals surface area contributed by atoms with Crippen LogP contribution in [0.5, 0.6) is 0 Å². The third kappa shape index (κ3) is 4.55. The summed E-state index contributed by atoms with van der Waals surface area (Å²) in [7, 11) is -4.94. The fourth-order valence-corrected chi connectivity index (χ4v) is 4.28. The van der Waals surface area contributed by atoms with Gasteiger partial charge in [0.2, 0.25) is 5.36 Å². The zero-order valence-corrected chi connectivity index (χ0v) is 18.6. The molecule has 0 spiro atoms. The van der Waals surface area contributed by atoms with Crippen LogP contribution in [0.4, 0.5) is 5.69 Å². The summed E-state index contributed by atoms with van der Waals surface area (Å²) in [5, 5.41) is 7.17. The van der Waals surface area contributed by atoms with Crippen LogP contribution in [0, 0.1) is 10.2 Å². The van der Waals surface area contributed by atoms with Gasteiger partial charge >= 0.3 is 0 Å². The molecule has 0 atom stereocenters. The van der Waals surface area contributed by atoms with Crippen LogP contribution in [0.3, 0.4) is 0 Å². The predicted molar refractivity (Wildman–Crippen MR) is 111 cm³/mol. The molecule has 168 valence electrons. The number of nitrogens with zero attached hydrogens (tertiary/aromatic N) is 2. The van der Waals surface area contributed by atoms with Crippen molar-refractivity contribution in [3.8, 4) is 11.5 Å². The molecule has 0 fully saturated rings. The van der Waals surface area contributed by atoms with E-state index in [1.165, 1.54) is 22.0 Å². The van der Waals surface area contributed by atoms with Gasteiger partial charge in [0, 0.05) is 34.6 Å². The highest BCUT2D eigenvalue weighted by molar-refractivity contribution is 6.12. The first-order valence-electron chi connectivity index (χ1n) is 10.5. The summed E-state index contributed by atoms with van der Waals surface area (Å²) in [4.78, 5) is 5.03. The van der Waals surface area contributed by atoms with Gasteiger partial charge in [-0.1, -0.05) is 24.3 Å². The predicted octanol–water partition coefficient (Wildman–Crippen LogP) is -0.500. The molecule has 0 aromatic heterocycles. The molecule has 32 heavy (non-hydrogen) atoms. The molecule has 1 aliphatic carbocycles. The maximum atomic E-state index is 8.49. The average molecular weight is 458 g/mol. The van der Waals surface area contributed by atoms with Gasteiger partial charge in [-0.2, -0.15) is 0 Å². The summed E-state index contributed by atoms with van der Waals surface area (Å²) >= 11 is 0. The minimum absolute atomic E-state index is 0.856. The van der Waals surface area contributed by atoms with E-state index >= 15 is 0 Å². The number of halogens is 1. The topological polar surface area (TPSA) is 133 Å². The normalized spacial score (nSPS) is 13.4. The van der Waals surface area contributed by atoms with E-state index in [9.17, 15) is 0 Å². The van der Waals surface area contributed by atoms with Crippen LogP contribution >= 0.6 is 0 Å². The lowest BCUT2D eigenvalue weighted by atomic mass is 9.96. The van der Waals surface area contributed by atoms with E-state index in [0.717, 1.165) is 60.4 Å². The number of rotatable bonds is 2. The molecule has 1 N–H and O–H groups in total. The van der Waals surface area contributed by atoms with Crippen molar-refractivity contribution in [1.82, 2.24) is 9.56 Å². The second-order valence-corrected chi connectivity index (χ2v) is 8.28. The quantitative estimate of drug-likeness (QED) is 0.243. The van der Waals surface area contributed by atoms with Crippen molar-refractivity contribution in [2.45, 2.75) is 26.7 Å². The minimum Gasteiger partial charge on any atom is -0.452 e. The molecular weight excluding hydrogens is 434 g/mol. The second-order valence-electron chi connectivity index (χ2n) is 7.52. The van der Waals surface area contributed by atoms with Gasteiger partial charge in [0.1, 0.15) is 24.3 Å². The standard InChI is InChI=1S/C23H23N3O.ClHO4/c1-3-26(4-2)15-11-12-19-20(14-15)27-23-18-10-7-13-24-21(18)16-8-5-6-9-17(16)22(23)25-19;2-1(3,4)5/h5-6,8-9,11-12,14H,3-4,7,10,13H2,1-2H3;(H,2,3,4,5). The van der Waals surface area contributed by atoms with Crippen LogP contribution < -0.4 is 33.9 Å². The molecule has 3 aliphatic rings. The molecule has 0 unspecified atom stereocenters. The van der Waals surface area contributed by atoms with Gasteiger partial charge in [-0.3, -0.25) is 0 Å². The van der Waals surface area contributed by atoms with Gasteiger partial charge in [0.25, 0.3) is 0 Å². The first-order chi connectivity index (χ1) is 15.3. The van der Waals surface area contributed by atoms with Crippen molar-refractivity contribution >= 4 is 27.6 Å². The molecule has 5 rings (SSSR count). The maximum Gasteiger partial charge on any atom is 0.203 e. The Balaban J connectivity index is 0.000000444. The number of aryl methyl sites for hydroxylation is 1. The Bertz CT molecular complexity index is 1300. The lowest BCUT2D eigenvalue weighted by molar-refractivity contribution is -2.00. The van der Waals surface area contributed by atoms with E-state index in [1.807, 2.05) is 0 Å². The molecule has 2 heterocycles. The van der Waals surface area contributed by atoms with Gasteiger partial charge < -0.3 is 9.73 Å². The van der Waals surface area contributed by atoms with Crippen molar-refractivity contribution in [2.75, 3.05) is 25.0 Å². The van der Waals surface area contributed by atoms with E-state index < -0.39 is 10.2 Å². The molecule has 0 saturated carbocycles. The first-order valence-corrected chi connectivity index (χ1v) is 11.7. The van der Waals surface area contributed by atoms with E-state index in [-0.39, 0.29) is 0 Å². The fraction of sp³-hybridized carbons (Fsp3) is 0.304. The zero-order chi connectivity index (χ0) is 22.9. The first kappa shape index (κ1) is 22.4. The van der Waals surface area contributed by atoms with Crippen LogP contribution in [-0.4, -0.2) is 24.6 Å². The number of hydrogen-bond donors (Lipinski definition) is 1. The van der Waals surface area contributed by atoms with E-state index in [4.69, 9.17) is 28.0 Å². The molecule has 0 radical (unpaired) electrons. The molecule has 0 saturated heterocycles. The van der Waals surface area contributed by atoms with Crippen molar-refractivity contribution in [3.63, 3.8) is 0 Å². The maximum absolute atomic E-state index is 8.49. The Hall–Kier alpha value is -2.75. The van der Waals surface area contributed by atoms with Gasteiger partial charge in [0.05, 0.1) is 6.07 Å². The summed E-state index contributed by atoms with van der Waals surface area (Å²) in [6.07, 6.45) is 2.14. The van der Waals surface area contributed by atoms with E-state index in [2.05, 4.69) is 66.2 Å². The molecular formula is C23H24ClN3O5. The number of hydrogen-bond acceptors (Lipinski definition) is 7. The van der Waals surface area contributed by atoms with E-state index in [1.54, 1.807) is 0 Å². The molecule has 9 heteroatoms. The van der Waals surface area contributed by atoms with Crippen molar-refractivity contribution in [1.29, 1.82) is 0 Å². The molecule has 0 bridgehead atoms. The molecule has 0 amide bonds. The molecule has 2 aromatic rings. The average Bonchev–Trinajstić information content (AvgIpc) is 2.78. The zero-order valence-electron chi connectivity index (χ0n) is 17.9. The summed E-state index contributed by atoms with van der Waals surface area (Å²) in [6, 6.07) is 14.9. The second kappa shape index (κ2) is 9.01. The number of fused-ring (bicyclic) bond motifs is 7. The van der Waals surface area contributed by atoms with Crippen LogP contribution in [0.15, 0.2) is 46.9 Å². The summed E-state index contributed by atoms with van der Waals surface area (Å²) in [5.41, 5.74) is 5.29. The molecule has 2 aliphatic heterocycles. The lowest BCUT2D eigenvalue weighted by Crippen LogP contribution is -2.68. The summed E-state index contributed by atoms with van der Waals surface area (Å²) in [6.45, 7) is 7.32. The highest BCUT2D eigenvalue weighted by atomic mass is 35.7. The van der Waals surface area contributed by atoms with Crippen LogP contribution in [0.2, 0.25) is 0 Å². The van der Waals surface area contributed by atoms with Crippen LogP contribution in [0.1, 0.15) is 25.8 Å². The van der Waals surface area contributed by atoms with E-state index in [0.29, 0.717) is 0 Å². The molecule has 2 aromatic carbocycles. The van der Waals surface area contributed by atoms with Gasteiger partial charge in [-0.05, 0) is 32.8 Å². The van der Waals surface area contributed by atoms with Gasteiger partial charge in [-0.15, -0.1) is 10.2 Å². The Labute approximate surface area is 187 Å². The minimum atomic E-state index is -4.94. The molecule has 8 nitrogen and oxygen atoms in total. The Morgan fingerprint density at radius 3 is 2.41 bits per heavy atom. The SMILES string of the molecule is CC[N+](CC)=c1ccc2nc3c(oc-2c1)c1c(c2ccccc23)NCCC1.[O-][Cl+3]([O-])([O-])[O-]. The Kier molecular flexibility index (Phi) is 6.32. The van der Waals surface area contributed by atoms with Crippen LogP contribution in [0.25, 0.3) is 33.3 Å². The van der Waals surface area contributed by atoms with Crippen molar-refractivity contribution in [3.05, 3.63) is 53.4 Å². The number of nitrogens with one attached hydrogen (secondary N) is 1. The Morgan fingerprint density at radius 1 is 1.03 bits per heavy atom. The third-order valence-corrected chi connectivity index (χ3v) is 5.66. The Morgan fingerprint density at radius 2 is 1.72 bits per heavy atom. The number of benzene rings is 3. The lowest BCUT2D eigenvalue weighted by Gasteiger charge is -2.22. The van der Waals surface area contributed by atoms with Crippen molar-refractivity contribution in [2.24, 2.45) is 0 Å². The van der Waals surface area contributed by atoms with Gasteiger partial charge in [0.15, 0.2) is 11.3 Å². The monoisotopic (exact) mass is 457 g/mol. The van der Waals surface area contributed by atoms with Crippen LogP contribution in [-0.2, 0) is 6.42 Å². The fourth-order valence-electron chi connectivity index (χ4n) is 4.28. The smallest absolute Gasteiger partial charge is 0.203 e. The number of anilines is 1. The highest BCUT2D eigenvalue weighted by Crippen LogP contribution is 2.39. The van der Waals surface area contributed by atoms with Gasteiger partial charge in [-0.25, -0.2) is 28.2 Å². The summed E-state index contributed by atoms with van der Waals surface area (Å²) in [5.74, 6) is 0.856. The highest BCUT2D eigenvalue weighted by Gasteiger charge is 2.22. The largest absolute Gasteiger partial charge is 0.452 e. The summed E-state index contributed by atoms with van der Waals surface area (Å²) < 4.78 is 42.8. The number of aromatic nitrogens is 1. The third-order valence-electron chi connectivity index (χ3n) is 5.66.